The van der Waals surface area contributed by atoms with Gasteiger partial charge in [0.25, 0.3) is 0 Å². The summed E-state index contributed by atoms with van der Waals surface area (Å²) < 4.78 is 27.8. The lowest BCUT2D eigenvalue weighted by Crippen LogP contribution is -2.33. The van der Waals surface area contributed by atoms with Gasteiger partial charge in [0.2, 0.25) is 5.91 Å². The predicted octanol–water partition coefficient (Wildman–Crippen LogP) is 5.78. The molecule has 3 aromatic carbocycles. The molecule has 2 heterocycles. The number of carbonyl (C=O) groups excluding carboxylic acids is 1. The van der Waals surface area contributed by atoms with Crippen LogP contribution in [0.1, 0.15) is 18.1 Å². The van der Waals surface area contributed by atoms with Crippen LogP contribution in [-0.2, 0) is 16.6 Å². The molecule has 1 aliphatic rings. The number of nitrogens with two attached hydrogens (primary N) is 1. The molecule has 0 saturated carbocycles. The first-order valence-electron chi connectivity index (χ1n) is 10.5. The molecule has 0 radical (unpaired) electrons. The van der Waals surface area contributed by atoms with Crippen molar-refractivity contribution < 1.29 is 13.6 Å². The van der Waals surface area contributed by atoms with Gasteiger partial charge in [0.05, 0.1) is 29.2 Å². The zero-order valence-corrected chi connectivity index (χ0v) is 18.8. The van der Waals surface area contributed by atoms with Crippen molar-refractivity contribution in [3.8, 4) is 22.4 Å². The molecular formula is C26H19ClF2N4O. The van der Waals surface area contributed by atoms with Crippen LogP contribution in [0, 0.1) is 11.6 Å². The fourth-order valence-electron chi connectivity index (χ4n) is 4.40. The zero-order valence-electron chi connectivity index (χ0n) is 18.1. The average Bonchev–Trinajstić information content (AvgIpc) is 3.03. The second-order valence-electron chi connectivity index (χ2n) is 8.52. The Balaban J connectivity index is 1.72. The third-order valence-electron chi connectivity index (χ3n) is 6.06. The third-order valence-corrected chi connectivity index (χ3v) is 6.29. The number of nitrogen functional groups attached to an aromatic ring is 1. The van der Waals surface area contributed by atoms with E-state index in [0.29, 0.717) is 33.1 Å². The second kappa shape index (κ2) is 8.18. The smallest absolute Gasteiger partial charge is 0.235 e. The maximum absolute atomic E-state index is 13.9. The maximum Gasteiger partial charge on any atom is 0.235 e. The summed E-state index contributed by atoms with van der Waals surface area (Å²) in [7, 11) is 0. The van der Waals surface area contributed by atoms with Gasteiger partial charge in [-0.1, -0.05) is 23.7 Å². The molecular weight excluding hydrogens is 458 g/mol. The molecule has 1 atom stereocenters. The topological polar surface area (TPSA) is 80.9 Å². The Bertz CT molecular complexity index is 1420. The molecule has 0 aliphatic carbocycles. The monoisotopic (exact) mass is 476 g/mol. The molecule has 1 amide bonds. The number of nitrogens with zero attached hydrogens (tertiary/aromatic N) is 2. The molecule has 1 aromatic heterocycles. The normalized spacial score (nSPS) is 16.9. The fourth-order valence-corrected chi connectivity index (χ4v) is 4.59. The Morgan fingerprint density at radius 3 is 2.44 bits per heavy atom. The van der Waals surface area contributed by atoms with Crippen LogP contribution < -0.4 is 11.1 Å². The van der Waals surface area contributed by atoms with Crippen LogP contribution >= 0.6 is 11.6 Å². The van der Waals surface area contributed by atoms with Crippen molar-refractivity contribution >= 4 is 29.0 Å². The predicted molar refractivity (Wildman–Crippen MR) is 128 cm³/mol. The summed E-state index contributed by atoms with van der Waals surface area (Å²) in [5, 5.41) is 3.53. The minimum Gasteiger partial charge on any atom is -0.382 e. The van der Waals surface area contributed by atoms with E-state index in [0.717, 1.165) is 17.2 Å². The van der Waals surface area contributed by atoms with E-state index in [-0.39, 0.29) is 18.1 Å². The molecule has 34 heavy (non-hydrogen) atoms. The average molecular weight is 477 g/mol. The standard InChI is InChI=1S/C26H19ClF2N4O/c1-26(11-14-5-18(28)10-19(29)6-14)21-9-16(15-3-2-4-17(27)7-15)8-20(24(21)33-25(26)34)22-12-32-23(30)13-31-22/h2-10,12-13H,11H2,1H3,(H2,30,32)(H,33,34). The van der Waals surface area contributed by atoms with Crippen LogP contribution in [0.3, 0.4) is 0 Å². The SMILES string of the molecule is CC1(Cc2cc(F)cc(F)c2)C(=O)Nc2c(-c3cnc(N)cn3)cc(-c3cccc(Cl)c3)cc21. The molecule has 4 aromatic rings. The zero-order chi connectivity index (χ0) is 24.0. The van der Waals surface area contributed by atoms with E-state index >= 15 is 0 Å². The molecule has 1 aliphatic heterocycles. The van der Waals surface area contributed by atoms with Crippen LogP contribution in [0.4, 0.5) is 20.3 Å². The number of amides is 1. The van der Waals surface area contributed by atoms with Gasteiger partial charge in [0.1, 0.15) is 17.5 Å². The number of anilines is 2. The van der Waals surface area contributed by atoms with E-state index in [1.807, 2.05) is 30.3 Å². The van der Waals surface area contributed by atoms with E-state index in [2.05, 4.69) is 15.3 Å². The minimum absolute atomic E-state index is 0.104. The number of aromatic nitrogens is 2. The summed E-state index contributed by atoms with van der Waals surface area (Å²) in [6, 6.07) is 14.5. The molecule has 5 nitrogen and oxygen atoms in total. The summed E-state index contributed by atoms with van der Waals surface area (Å²) >= 11 is 6.23. The van der Waals surface area contributed by atoms with Crippen molar-refractivity contribution in [2.75, 3.05) is 11.1 Å². The highest BCUT2D eigenvalue weighted by atomic mass is 35.5. The highest BCUT2D eigenvalue weighted by Crippen LogP contribution is 2.47. The van der Waals surface area contributed by atoms with Gasteiger partial charge in [-0.2, -0.15) is 0 Å². The van der Waals surface area contributed by atoms with Crippen molar-refractivity contribution in [2.24, 2.45) is 0 Å². The first-order valence-corrected chi connectivity index (χ1v) is 10.9. The molecule has 0 bridgehead atoms. The fraction of sp³-hybridized carbons (Fsp3) is 0.115. The summed E-state index contributed by atoms with van der Waals surface area (Å²) in [5.41, 5.74) is 9.11. The first-order chi connectivity index (χ1) is 16.2. The molecule has 8 heteroatoms. The van der Waals surface area contributed by atoms with Gasteiger partial charge in [0, 0.05) is 16.7 Å². The van der Waals surface area contributed by atoms with Crippen LogP contribution in [0.15, 0.2) is 67.0 Å². The molecule has 5 rings (SSSR count). The number of benzene rings is 3. The molecule has 0 saturated heterocycles. The number of nitrogens with one attached hydrogen (secondary N) is 1. The van der Waals surface area contributed by atoms with Gasteiger partial charge in [-0.05, 0) is 72.0 Å². The van der Waals surface area contributed by atoms with Gasteiger partial charge in [-0.15, -0.1) is 0 Å². The van der Waals surface area contributed by atoms with Gasteiger partial charge >= 0.3 is 0 Å². The Morgan fingerprint density at radius 2 is 1.76 bits per heavy atom. The van der Waals surface area contributed by atoms with Crippen molar-refractivity contribution in [3.63, 3.8) is 0 Å². The number of rotatable bonds is 4. The number of hydrogen-bond acceptors (Lipinski definition) is 4. The Hall–Kier alpha value is -3.84. The first kappa shape index (κ1) is 22.0. The van der Waals surface area contributed by atoms with Crippen molar-refractivity contribution in [3.05, 3.63) is 94.8 Å². The van der Waals surface area contributed by atoms with Crippen LogP contribution in [0.2, 0.25) is 5.02 Å². The van der Waals surface area contributed by atoms with Crippen LogP contribution in [-0.4, -0.2) is 15.9 Å². The van der Waals surface area contributed by atoms with E-state index in [4.69, 9.17) is 17.3 Å². The molecule has 0 fully saturated rings. The summed E-state index contributed by atoms with van der Waals surface area (Å²) in [5.74, 6) is -1.39. The lowest BCUT2D eigenvalue weighted by atomic mass is 9.77. The highest BCUT2D eigenvalue weighted by Gasteiger charge is 2.44. The largest absolute Gasteiger partial charge is 0.382 e. The van der Waals surface area contributed by atoms with Gasteiger partial charge < -0.3 is 11.1 Å². The molecule has 3 N–H and O–H groups in total. The van der Waals surface area contributed by atoms with Gasteiger partial charge in [0.15, 0.2) is 0 Å². The van der Waals surface area contributed by atoms with Crippen molar-refractivity contribution in [1.82, 2.24) is 9.97 Å². The van der Waals surface area contributed by atoms with Gasteiger partial charge in [-0.25, -0.2) is 13.8 Å². The molecule has 1 unspecified atom stereocenters. The summed E-state index contributed by atoms with van der Waals surface area (Å²) in [6.07, 6.45) is 3.09. The lowest BCUT2D eigenvalue weighted by molar-refractivity contribution is -0.120. The summed E-state index contributed by atoms with van der Waals surface area (Å²) in [6.45, 7) is 1.76. The highest BCUT2D eigenvalue weighted by molar-refractivity contribution is 6.30. The molecule has 170 valence electrons. The maximum atomic E-state index is 13.9. The van der Waals surface area contributed by atoms with Gasteiger partial charge in [-0.3, -0.25) is 9.78 Å². The minimum atomic E-state index is -1.08. The van der Waals surface area contributed by atoms with Crippen molar-refractivity contribution in [2.45, 2.75) is 18.8 Å². The Kier molecular flexibility index (Phi) is 5.29. The summed E-state index contributed by atoms with van der Waals surface area (Å²) in [4.78, 5) is 21.8. The number of hydrogen-bond donors (Lipinski definition) is 2. The Morgan fingerprint density at radius 1 is 1.00 bits per heavy atom. The van der Waals surface area contributed by atoms with E-state index in [9.17, 15) is 13.6 Å². The number of halogens is 3. The quantitative estimate of drug-likeness (QED) is 0.391. The van der Waals surface area contributed by atoms with Crippen LogP contribution in [0.5, 0.6) is 0 Å². The lowest BCUT2D eigenvalue weighted by Gasteiger charge is -2.23. The van der Waals surface area contributed by atoms with E-state index in [1.165, 1.54) is 24.5 Å². The van der Waals surface area contributed by atoms with Crippen LogP contribution in [0.25, 0.3) is 22.4 Å². The van der Waals surface area contributed by atoms with Crippen molar-refractivity contribution in [1.29, 1.82) is 0 Å². The Labute approximate surface area is 199 Å². The van der Waals surface area contributed by atoms with E-state index in [1.54, 1.807) is 13.0 Å². The third kappa shape index (κ3) is 3.88. The number of carbonyl (C=O) groups is 1. The van der Waals surface area contributed by atoms with E-state index < -0.39 is 17.0 Å². The molecule has 0 spiro atoms. The number of fused-ring (bicyclic) bond motifs is 1. The second-order valence-corrected chi connectivity index (χ2v) is 8.96.